The van der Waals surface area contributed by atoms with Crippen LogP contribution in [0.2, 0.25) is 0 Å². The highest BCUT2D eigenvalue weighted by atomic mass is 79.9. The van der Waals surface area contributed by atoms with Gasteiger partial charge in [0.2, 0.25) is 10.0 Å². The molecule has 1 saturated carbocycles. The molecule has 3 rings (SSSR count). The number of benzene rings is 1. The third kappa shape index (κ3) is 2.86. The number of halogens is 1. The number of sulfonamides is 1. The Kier molecular flexibility index (Phi) is 4.58. The van der Waals surface area contributed by atoms with Crippen LogP contribution in [0.25, 0.3) is 0 Å². The fourth-order valence-corrected chi connectivity index (χ4v) is 5.95. The normalized spacial score (nSPS) is 18.2. The van der Waals surface area contributed by atoms with Gasteiger partial charge in [0.15, 0.2) is 0 Å². The van der Waals surface area contributed by atoms with Crippen LogP contribution in [0.5, 0.6) is 0 Å². The second-order valence-corrected chi connectivity index (χ2v) is 8.31. The molecule has 1 heterocycles. The van der Waals surface area contributed by atoms with Crippen molar-refractivity contribution in [2.75, 3.05) is 11.9 Å². The lowest BCUT2D eigenvalue weighted by Crippen LogP contribution is -2.40. The summed E-state index contributed by atoms with van der Waals surface area (Å²) in [7, 11) is -3.54. The van der Waals surface area contributed by atoms with Crippen molar-refractivity contribution in [1.82, 2.24) is 4.31 Å². The van der Waals surface area contributed by atoms with Gasteiger partial charge in [0, 0.05) is 17.9 Å². The van der Waals surface area contributed by atoms with Crippen LogP contribution in [-0.4, -0.2) is 30.6 Å². The number of hydrogen-bond donors (Lipinski definition) is 0. The van der Waals surface area contributed by atoms with Gasteiger partial charge < -0.3 is 0 Å². The summed E-state index contributed by atoms with van der Waals surface area (Å²) in [6.45, 7) is 0.487. The van der Waals surface area contributed by atoms with E-state index in [1.807, 2.05) is 0 Å². The van der Waals surface area contributed by atoms with Gasteiger partial charge in [0.25, 0.3) is 0 Å². The second-order valence-electron chi connectivity index (χ2n) is 5.13. The van der Waals surface area contributed by atoms with Gasteiger partial charge in [-0.05, 0) is 25.0 Å². The Balaban J connectivity index is 2.02. The van der Waals surface area contributed by atoms with Crippen molar-refractivity contribution in [3.05, 3.63) is 18.2 Å². The molecule has 0 spiro atoms. The highest BCUT2D eigenvalue weighted by Gasteiger charge is 2.35. The summed E-state index contributed by atoms with van der Waals surface area (Å²) in [5.41, 5.74) is 1.13. The van der Waals surface area contributed by atoms with Crippen LogP contribution < -0.4 is 0 Å². The van der Waals surface area contributed by atoms with Crippen molar-refractivity contribution in [2.24, 2.45) is 8.73 Å². The molecule has 0 aromatic heterocycles. The van der Waals surface area contributed by atoms with E-state index in [2.05, 4.69) is 24.7 Å². The standard InChI is InChI=1S/C13H16BrN3O2S2/c14-8-9-17(10-4-1-2-5-10)21(18,19)12-7-3-6-11-13(12)16-20-15-11/h3,6-7,10H,1-2,4-5,8-9H2. The Morgan fingerprint density at radius 1 is 1.29 bits per heavy atom. The topological polar surface area (TPSA) is 62.1 Å². The number of alkyl halides is 1. The molecule has 114 valence electrons. The van der Waals surface area contributed by atoms with Crippen LogP contribution in [-0.2, 0) is 21.4 Å². The zero-order chi connectivity index (χ0) is 14.9. The van der Waals surface area contributed by atoms with Crippen molar-refractivity contribution in [2.45, 2.75) is 36.6 Å². The molecular weight excluding hydrogens is 374 g/mol. The van der Waals surface area contributed by atoms with Gasteiger partial charge in [-0.2, -0.15) is 13.0 Å². The highest BCUT2D eigenvalue weighted by Crippen LogP contribution is 2.40. The van der Waals surface area contributed by atoms with Gasteiger partial charge in [-0.3, -0.25) is 0 Å². The predicted octanol–water partition coefficient (Wildman–Crippen LogP) is 3.74. The number of rotatable bonds is 5. The van der Waals surface area contributed by atoms with E-state index >= 15 is 0 Å². The third-order valence-electron chi connectivity index (χ3n) is 3.87. The first kappa shape index (κ1) is 15.3. The van der Waals surface area contributed by atoms with E-state index in [1.165, 1.54) is 0 Å². The minimum atomic E-state index is -3.54. The largest absolute Gasteiger partial charge is 0.245 e. The zero-order valence-corrected chi connectivity index (χ0v) is 14.6. The maximum Gasteiger partial charge on any atom is 0.245 e. The van der Waals surface area contributed by atoms with E-state index in [-0.39, 0.29) is 10.9 Å². The molecule has 0 amide bonds. The fraction of sp³-hybridized carbons (Fsp3) is 0.538. The summed E-state index contributed by atoms with van der Waals surface area (Å²) in [4.78, 5) is 0.279. The molecule has 0 unspecified atom stereocenters. The van der Waals surface area contributed by atoms with Crippen LogP contribution in [0.4, 0.5) is 11.4 Å². The first-order chi connectivity index (χ1) is 10.1. The maximum atomic E-state index is 13.1. The lowest BCUT2D eigenvalue weighted by molar-refractivity contribution is 0.338. The number of fused-ring (bicyclic) bond motifs is 1. The van der Waals surface area contributed by atoms with E-state index in [0.717, 1.165) is 37.0 Å². The second kappa shape index (κ2) is 6.28. The van der Waals surface area contributed by atoms with E-state index in [4.69, 9.17) is 0 Å². The SMILES string of the molecule is O=S(=O)(c1cccc2c1N=S=N2)N(CCBr)C1CCCC1. The lowest BCUT2D eigenvalue weighted by atomic mass is 10.2. The van der Waals surface area contributed by atoms with Gasteiger partial charge in [0.05, 0.1) is 11.4 Å². The maximum absolute atomic E-state index is 13.1. The molecule has 5 nitrogen and oxygen atoms in total. The Hall–Kier alpha value is -0.570. The van der Waals surface area contributed by atoms with E-state index in [0.29, 0.717) is 23.2 Å². The highest BCUT2D eigenvalue weighted by molar-refractivity contribution is 9.09. The van der Waals surface area contributed by atoms with Crippen molar-refractivity contribution in [1.29, 1.82) is 0 Å². The zero-order valence-electron chi connectivity index (χ0n) is 11.4. The monoisotopic (exact) mass is 389 g/mol. The summed E-state index contributed by atoms with van der Waals surface area (Å²) in [6.07, 6.45) is 4.08. The molecule has 1 aliphatic carbocycles. The van der Waals surface area contributed by atoms with Crippen molar-refractivity contribution in [3.8, 4) is 0 Å². The molecule has 0 bridgehead atoms. The molecule has 8 heteroatoms. The van der Waals surface area contributed by atoms with Crippen molar-refractivity contribution < 1.29 is 8.42 Å². The average Bonchev–Trinajstić information content (AvgIpc) is 3.14. The van der Waals surface area contributed by atoms with Gasteiger partial charge >= 0.3 is 0 Å². The summed E-state index contributed by atoms with van der Waals surface area (Å²) in [5.74, 6) is 0. The van der Waals surface area contributed by atoms with Crippen LogP contribution in [0.3, 0.4) is 0 Å². The van der Waals surface area contributed by atoms with Crippen LogP contribution >= 0.6 is 15.9 Å². The molecule has 0 N–H and O–H groups in total. The van der Waals surface area contributed by atoms with E-state index in [1.54, 1.807) is 22.5 Å². The molecule has 2 aliphatic rings. The van der Waals surface area contributed by atoms with Gasteiger partial charge in [-0.15, -0.1) is 0 Å². The average molecular weight is 390 g/mol. The van der Waals surface area contributed by atoms with Crippen LogP contribution in [0, 0.1) is 0 Å². The molecule has 21 heavy (non-hydrogen) atoms. The van der Waals surface area contributed by atoms with Gasteiger partial charge in [0.1, 0.15) is 16.3 Å². The van der Waals surface area contributed by atoms with Gasteiger partial charge in [-0.25, -0.2) is 8.42 Å². The Morgan fingerprint density at radius 3 is 2.76 bits per heavy atom. The summed E-state index contributed by atoms with van der Waals surface area (Å²) in [5, 5.41) is 0.633. The van der Waals surface area contributed by atoms with Crippen LogP contribution in [0.1, 0.15) is 25.7 Å². The van der Waals surface area contributed by atoms with Gasteiger partial charge in [-0.1, -0.05) is 34.8 Å². The minimum Gasteiger partial charge on any atom is -0.207 e. The summed E-state index contributed by atoms with van der Waals surface area (Å²) < 4.78 is 36.1. The summed E-state index contributed by atoms with van der Waals surface area (Å²) >= 11 is 4.42. The van der Waals surface area contributed by atoms with Crippen molar-refractivity contribution >= 4 is 48.7 Å². The Bertz CT molecular complexity index is 708. The number of hydrogen-bond acceptors (Lipinski definition) is 4. The molecule has 0 radical (unpaired) electrons. The summed E-state index contributed by atoms with van der Waals surface area (Å²) in [6, 6.07) is 5.27. The molecule has 0 atom stereocenters. The molecule has 1 fully saturated rings. The van der Waals surface area contributed by atoms with Crippen molar-refractivity contribution in [3.63, 3.8) is 0 Å². The minimum absolute atomic E-state index is 0.106. The first-order valence-corrected chi connectivity index (χ1v) is 10.2. The third-order valence-corrected chi connectivity index (χ3v) is 6.75. The Morgan fingerprint density at radius 2 is 2.05 bits per heavy atom. The molecule has 1 aliphatic heterocycles. The predicted molar refractivity (Wildman–Crippen MR) is 87.9 cm³/mol. The molecular formula is C13H16BrN3O2S2. The first-order valence-electron chi connectivity index (χ1n) is 6.93. The lowest BCUT2D eigenvalue weighted by Gasteiger charge is -2.27. The molecule has 1 aromatic carbocycles. The van der Waals surface area contributed by atoms with E-state index in [9.17, 15) is 8.42 Å². The molecule has 0 saturated heterocycles. The van der Waals surface area contributed by atoms with Crippen LogP contribution in [0.15, 0.2) is 31.8 Å². The Labute approximate surface area is 136 Å². The smallest absolute Gasteiger partial charge is 0.207 e. The quantitative estimate of drug-likeness (QED) is 0.731. The molecule has 1 aromatic rings. The number of nitrogens with zero attached hydrogens (tertiary/aromatic N) is 3. The van der Waals surface area contributed by atoms with E-state index < -0.39 is 10.0 Å². The fourth-order valence-electron chi connectivity index (χ4n) is 2.89.